The SMILES string of the molecule is CC(=O)CC(C)S(=O)c1ccccc1Cl. The summed E-state index contributed by atoms with van der Waals surface area (Å²) in [4.78, 5) is 11.5. The minimum atomic E-state index is -1.21. The summed E-state index contributed by atoms with van der Waals surface area (Å²) in [5, 5.41) is 0.300. The topological polar surface area (TPSA) is 34.1 Å². The molecule has 1 aromatic rings. The van der Waals surface area contributed by atoms with Crippen LogP contribution in [0.15, 0.2) is 29.2 Å². The number of carbonyl (C=O) groups excluding carboxylic acids is 1. The van der Waals surface area contributed by atoms with Crippen molar-refractivity contribution in [1.29, 1.82) is 0 Å². The Morgan fingerprint density at radius 1 is 1.47 bits per heavy atom. The molecule has 0 spiro atoms. The van der Waals surface area contributed by atoms with Gasteiger partial charge in [0.1, 0.15) is 5.78 Å². The number of Topliss-reactive ketones (excluding diaryl/α,β-unsaturated/α-hetero) is 1. The Bertz CT molecular complexity index is 390. The Morgan fingerprint density at radius 3 is 2.60 bits per heavy atom. The van der Waals surface area contributed by atoms with E-state index in [2.05, 4.69) is 0 Å². The molecule has 4 heteroatoms. The summed E-state index contributed by atoms with van der Waals surface area (Å²) in [5.41, 5.74) is 0. The van der Waals surface area contributed by atoms with Gasteiger partial charge in [-0.25, -0.2) is 0 Å². The second kappa shape index (κ2) is 5.42. The lowest BCUT2D eigenvalue weighted by atomic mass is 10.2. The molecule has 0 bridgehead atoms. The third-order valence-electron chi connectivity index (χ3n) is 1.99. The van der Waals surface area contributed by atoms with Gasteiger partial charge in [0, 0.05) is 11.7 Å². The van der Waals surface area contributed by atoms with Gasteiger partial charge in [0.05, 0.1) is 20.7 Å². The number of ketones is 1. The van der Waals surface area contributed by atoms with Gasteiger partial charge in [0.2, 0.25) is 0 Å². The number of carbonyl (C=O) groups is 1. The number of benzene rings is 1. The molecule has 0 aliphatic rings. The molecule has 2 atom stereocenters. The van der Waals surface area contributed by atoms with Gasteiger partial charge in [-0.3, -0.25) is 9.00 Å². The highest BCUT2D eigenvalue weighted by Crippen LogP contribution is 2.22. The van der Waals surface area contributed by atoms with Gasteiger partial charge in [-0.2, -0.15) is 0 Å². The van der Waals surface area contributed by atoms with E-state index in [1.54, 1.807) is 31.2 Å². The van der Waals surface area contributed by atoms with E-state index in [-0.39, 0.29) is 11.0 Å². The molecule has 0 heterocycles. The van der Waals surface area contributed by atoms with Crippen LogP contribution in [0, 0.1) is 0 Å². The molecule has 1 rings (SSSR count). The molecule has 0 amide bonds. The van der Waals surface area contributed by atoms with E-state index in [4.69, 9.17) is 11.6 Å². The fourth-order valence-corrected chi connectivity index (χ4v) is 2.96. The second-order valence-electron chi connectivity index (χ2n) is 3.44. The second-order valence-corrected chi connectivity index (χ2v) is 5.69. The molecule has 2 nitrogen and oxygen atoms in total. The summed E-state index contributed by atoms with van der Waals surface area (Å²) in [5.74, 6) is 0.0444. The van der Waals surface area contributed by atoms with Crippen LogP contribution in [0.2, 0.25) is 5.02 Å². The quantitative estimate of drug-likeness (QED) is 0.816. The van der Waals surface area contributed by atoms with Gasteiger partial charge in [-0.1, -0.05) is 30.7 Å². The van der Waals surface area contributed by atoms with Crippen molar-refractivity contribution in [2.24, 2.45) is 0 Å². The van der Waals surface area contributed by atoms with Crippen LogP contribution in [0.25, 0.3) is 0 Å². The number of hydrogen-bond donors (Lipinski definition) is 0. The Hall–Kier alpha value is -0.670. The van der Waals surface area contributed by atoms with Crippen molar-refractivity contribution < 1.29 is 9.00 Å². The molecule has 82 valence electrons. The average molecular weight is 245 g/mol. The molecule has 15 heavy (non-hydrogen) atoms. The highest BCUT2D eigenvalue weighted by atomic mass is 35.5. The van der Waals surface area contributed by atoms with E-state index in [1.807, 2.05) is 0 Å². The maximum absolute atomic E-state index is 12.0. The molecule has 0 N–H and O–H groups in total. The van der Waals surface area contributed by atoms with E-state index in [9.17, 15) is 9.00 Å². The minimum absolute atomic E-state index is 0.0444. The van der Waals surface area contributed by atoms with Crippen molar-refractivity contribution in [3.63, 3.8) is 0 Å². The first-order valence-electron chi connectivity index (χ1n) is 4.67. The van der Waals surface area contributed by atoms with Crippen molar-refractivity contribution in [1.82, 2.24) is 0 Å². The van der Waals surface area contributed by atoms with E-state index in [0.717, 1.165) is 0 Å². The summed E-state index contributed by atoms with van der Waals surface area (Å²) >= 11 is 5.92. The molecule has 1 aromatic carbocycles. The normalized spacial score (nSPS) is 14.6. The molecule has 0 radical (unpaired) electrons. The lowest BCUT2D eigenvalue weighted by molar-refractivity contribution is -0.116. The first kappa shape index (κ1) is 12.4. The Labute approximate surface area is 97.1 Å². The smallest absolute Gasteiger partial charge is 0.131 e. The predicted molar refractivity (Wildman–Crippen MR) is 62.6 cm³/mol. The molecule has 2 unspecified atom stereocenters. The summed E-state index contributed by atoms with van der Waals surface area (Å²) in [6.45, 7) is 3.29. The van der Waals surface area contributed by atoms with Crippen LogP contribution in [-0.2, 0) is 15.6 Å². The van der Waals surface area contributed by atoms with Crippen molar-refractivity contribution in [3.8, 4) is 0 Å². The van der Waals surface area contributed by atoms with Crippen molar-refractivity contribution in [2.45, 2.75) is 30.4 Å². The standard InChI is InChI=1S/C11H13ClO2S/c1-8(13)7-9(2)15(14)11-6-4-3-5-10(11)12/h3-6,9H,7H2,1-2H3. The summed E-state index contributed by atoms with van der Waals surface area (Å²) in [7, 11) is -1.21. The van der Waals surface area contributed by atoms with Gasteiger partial charge in [-0.15, -0.1) is 0 Å². The number of halogens is 1. The van der Waals surface area contributed by atoms with Crippen molar-refractivity contribution >= 4 is 28.2 Å². The van der Waals surface area contributed by atoms with Gasteiger partial charge in [0.15, 0.2) is 0 Å². The van der Waals surface area contributed by atoms with Gasteiger partial charge >= 0.3 is 0 Å². The highest BCUT2D eigenvalue weighted by Gasteiger charge is 2.17. The number of rotatable bonds is 4. The number of hydrogen-bond acceptors (Lipinski definition) is 2. The van der Waals surface area contributed by atoms with E-state index < -0.39 is 10.8 Å². The van der Waals surface area contributed by atoms with E-state index in [1.165, 1.54) is 6.92 Å². The zero-order valence-electron chi connectivity index (χ0n) is 8.70. The maximum Gasteiger partial charge on any atom is 0.131 e. The van der Waals surface area contributed by atoms with Crippen LogP contribution in [-0.4, -0.2) is 15.2 Å². The van der Waals surface area contributed by atoms with Gasteiger partial charge < -0.3 is 0 Å². The first-order chi connectivity index (χ1) is 7.02. The van der Waals surface area contributed by atoms with Crippen LogP contribution >= 0.6 is 11.6 Å². The fraction of sp³-hybridized carbons (Fsp3) is 0.364. The summed E-state index contributed by atoms with van der Waals surface area (Å²) < 4.78 is 12.0. The molecule has 0 aromatic heterocycles. The van der Waals surface area contributed by atoms with Crippen molar-refractivity contribution in [3.05, 3.63) is 29.3 Å². The lowest BCUT2D eigenvalue weighted by Crippen LogP contribution is -2.14. The van der Waals surface area contributed by atoms with Gasteiger partial charge in [-0.05, 0) is 19.1 Å². The maximum atomic E-state index is 12.0. The Balaban J connectivity index is 2.85. The molecule has 0 aliphatic heterocycles. The molecular weight excluding hydrogens is 232 g/mol. The fourth-order valence-electron chi connectivity index (χ4n) is 1.31. The lowest BCUT2D eigenvalue weighted by Gasteiger charge is -2.10. The summed E-state index contributed by atoms with van der Waals surface area (Å²) in [6.07, 6.45) is 0.317. The average Bonchev–Trinajstić information content (AvgIpc) is 2.16. The van der Waals surface area contributed by atoms with Crippen LogP contribution in [0.3, 0.4) is 0 Å². The molecular formula is C11H13ClO2S. The van der Waals surface area contributed by atoms with Crippen LogP contribution in [0.5, 0.6) is 0 Å². The van der Waals surface area contributed by atoms with E-state index >= 15 is 0 Å². The van der Waals surface area contributed by atoms with Crippen molar-refractivity contribution in [2.75, 3.05) is 0 Å². The van der Waals surface area contributed by atoms with E-state index in [0.29, 0.717) is 16.3 Å². The Morgan fingerprint density at radius 2 is 2.07 bits per heavy atom. The third-order valence-corrected chi connectivity index (χ3v) is 4.12. The predicted octanol–water partition coefficient (Wildman–Crippen LogP) is 2.82. The largest absolute Gasteiger partial charge is 0.300 e. The first-order valence-corrected chi connectivity index (χ1v) is 6.26. The Kier molecular flexibility index (Phi) is 4.48. The van der Waals surface area contributed by atoms with Gasteiger partial charge in [0.25, 0.3) is 0 Å². The molecule has 0 aliphatic carbocycles. The highest BCUT2D eigenvalue weighted by molar-refractivity contribution is 7.85. The zero-order chi connectivity index (χ0) is 11.4. The van der Waals surface area contributed by atoms with Crippen LogP contribution in [0.1, 0.15) is 20.3 Å². The van der Waals surface area contributed by atoms with Crippen LogP contribution in [0.4, 0.5) is 0 Å². The van der Waals surface area contributed by atoms with Crippen LogP contribution < -0.4 is 0 Å². The molecule has 0 saturated carbocycles. The molecule has 0 fully saturated rings. The molecule has 0 saturated heterocycles. The monoisotopic (exact) mass is 244 g/mol. The summed E-state index contributed by atoms with van der Waals surface area (Å²) in [6, 6.07) is 7.02. The third kappa shape index (κ3) is 3.43. The zero-order valence-corrected chi connectivity index (χ0v) is 10.3. The minimum Gasteiger partial charge on any atom is -0.300 e.